The molecule has 3 aromatic carbocycles. The van der Waals surface area contributed by atoms with E-state index >= 15 is 0 Å². The van der Waals surface area contributed by atoms with Crippen LogP contribution in [-0.2, 0) is 16.0 Å². The number of aliphatic hydroxyl groups is 1. The Morgan fingerprint density at radius 3 is 2.14 bits per heavy atom. The number of carbonyl (C=O) groups is 2. The van der Waals surface area contributed by atoms with Gasteiger partial charge in [-0.25, -0.2) is 0 Å². The van der Waals surface area contributed by atoms with E-state index in [2.05, 4.69) is 18.7 Å². The van der Waals surface area contributed by atoms with Crippen molar-refractivity contribution in [3.05, 3.63) is 94.6 Å². The van der Waals surface area contributed by atoms with Gasteiger partial charge < -0.3 is 15.1 Å². The number of carbonyl (C=O) groups excluding carboxylic acids is 2. The van der Waals surface area contributed by atoms with Crippen LogP contribution in [0.5, 0.6) is 5.75 Å². The number of aliphatic hydroxyl groups excluding tert-OH is 1. The first-order valence-electron chi connectivity index (χ1n) is 12.3. The summed E-state index contributed by atoms with van der Waals surface area (Å²) in [5.74, 6) is -1.92. The lowest BCUT2D eigenvalue weighted by atomic mass is 9.94. The van der Waals surface area contributed by atoms with E-state index < -0.39 is 17.7 Å². The molecular weight excluding hydrogens is 452 g/mol. The molecule has 0 radical (unpaired) electrons. The van der Waals surface area contributed by atoms with Gasteiger partial charge in [-0.3, -0.25) is 14.5 Å². The Labute approximate surface area is 212 Å². The van der Waals surface area contributed by atoms with Crippen LogP contribution in [0, 0.1) is 6.92 Å². The fraction of sp³-hybridized carbons (Fsp3) is 0.267. The summed E-state index contributed by atoms with van der Waals surface area (Å²) >= 11 is 0. The number of aromatic hydroxyl groups is 1. The van der Waals surface area contributed by atoms with Crippen molar-refractivity contribution in [2.75, 3.05) is 22.9 Å². The second-order valence-electron chi connectivity index (χ2n) is 8.98. The zero-order valence-electron chi connectivity index (χ0n) is 21.2. The molecule has 1 heterocycles. The van der Waals surface area contributed by atoms with E-state index in [1.54, 1.807) is 24.3 Å². The van der Waals surface area contributed by atoms with Crippen LogP contribution in [0.25, 0.3) is 5.76 Å². The number of rotatable bonds is 7. The number of amides is 1. The highest BCUT2D eigenvalue weighted by molar-refractivity contribution is 6.52. The molecule has 4 rings (SSSR count). The maximum absolute atomic E-state index is 13.4. The summed E-state index contributed by atoms with van der Waals surface area (Å²) in [6, 6.07) is 19.0. The van der Waals surface area contributed by atoms with E-state index in [1.165, 1.54) is 11.0 Å². The molecule has 0 aliphatic carbocycles. The topological polar surface area (TPSA) is 81.1 Å². The third-order valence-electron chi connectivity index (χ3n) is 6.81. The predicted octanol–water partition coefficient (Wildman–Crippen LogP) is 5.74. The zero-order chi connectivity index (χ0) is 26.0. The molecule has 1 saturated heterocycles. The van der Waals surface area contributed by atoms with Gasteiger partial charge in [0.15, 0.2) is 0 Å². The molecule has 1 aliphatic heterocycles. The van der Waals surface area contributed by atoms with Crippen molar-refractivity contribution >= 4 is 28.8 Å². The second kappa shape index (κ2) is 10.3. The number of aryl methyl sites for hydroxylation is 2. The molecule has 1 aliphatic rings. The van der Waals surface area contributed by atoms with Gasteiger partial charge in [-0.1, -0.05) is 49.4 Å². The highest BCUT2D eigenvalue weighted by atomic mass is 16.3. The van der Waals surface area contributed by atoms with E-state index in [0.29, 0.717) is 11.1 Å². The number of phenolic OH excluding ortho intramolecular Hbond substituents is 1. The van der Waals surface area contributed by atoms with Crippen molar-refractivity contribution in [2.45, 2.75) is 40.2 Å². The number of anilines is 2. The van der Waals surface area contributed by atoms with Gasteiger partial charge in [0.05, 0.1) is 17.3 Å². The third-order valence-corrected chi connectivity index (χ3v) is 6.81. The Bertz CT molecular complexity index is 1310. The fourth-order valence-electron chi connectivity index (χ4n) is 4.73. The maximum atomic E-state index is 13.4. The van der Waals surface area contributed by atoms with Crippen LogP contribution < -0.4 is 9.80 Å². The van der Waals surface area contributed by atoms with Crippen LogP contribution in [-0.4, -0.2) is 35.0 Å². The summed E-state index contributed by atoms with van der Waals surface area (Å²) < 4.78 is 0. The molecule has 1 fully saturated rings. The Morgan fingerprint density at radius 2 is 1.56 bits per heavy atom. The first-order chi connectivity index (χ1) is 17.3. The molecule has 2 N–H and O–H groups in total. The van der Waals surface area contributed by atoms with E-state index in [4.69, 9.17) is 0 Å². The lowest BCUT2D eigenvalue weighted by molar-refractivity contribution is -0.132. The van der Waals surface area contributed by atoms with Crippen LogP contribution in [0.2, 0.25) is 0 Å². The Hall–Kier alpha value is -4.06. The van der Waals surface area contributed by atoms with Gasteiger partial charge in [0, 0.05) is 24.3 Å². The molecule has 186 valence electrons. The highest BCUT2D eigenvalue weighted by Crippen LogP contribution is 2.45. The van der Waals surface area contributed by atoms with Crippen LogP contribution >= 0.6 is 0 Å². The number of nitrogens with zero attached hydrogens (tertiary/aromatic N) is 2. The van der Waals surface area contributed by atoms with Crippen LogP contribution in [0.3, 0.4) is 0 Å². The van der Waals surface area contributed by atoms with Crippen molar-refractivity contribution in [2.24, 2.45) is 0 Å². The molecule has 6 nitrogen and oxygen atoms in total. The molecule has 1 unspecified atom stereocenters. The van der Waals surface area contributed by atoms with Gasteiger partial charge in [-0.05, 0) is 68.1 Å². The number of Topliss-reactive ketones (excluding diaryl/α,β-unsaturated/α-hetero) is 1. The summed E-state index contributed by atoms with van der Waals surface area (Å²) in [5, 5.41) is 22.0. The molecule has 6 heteroatoms. The van der Waals surface area contributed by atoms with Gasteiger partial charge >= 0.3 is 0 Å². The minimum Gasteiger partial charge on any atom is -0.507 e. The average Bonchev–Trinajstić information content (AvgIpc) is 3.16. The number of hydrogen-bond acceptors (Lipinski definition) is 5. The SMILES string of the molecule is CCc1ccc(/C(O)=C2\C(=O)C(=O)N(c3cc(C)ccc3O)C2c2ccc(N(CC)CC)cc2)cc1. The molecule has 0 bridgehead atoms. The standard InChI is InChI=1S/C30H32N2O4/c1-5-20-9-11-22(12-10-20)28(34)26-27(21-13-15-23(16-14-21)31(6-2)7-3)32(30(36)29(26)35)24-18-19(4)8-17-25(24)33/h8-18,27,33-34H,5-7H2,1-4H3/b28-26+. The molecule has 0 saturated carbocycles. The maximum Gasteiger partial charge on any atom is 0.300 e. The summed E-state index contributed by atoms with van der Waals surface area (Å²) in [6.07, 6.45) is 0.844. The Morgan fingerprint density at radius 1 is 0.917 bits per heavy atom. The first-order valence-corrected chi connectivity index (χ1v) is 12.3. The van der Waals surface area contributed by atoms with Crippen molar-refractivity contribution in [1.82, 2.24) is 0 Å². The number of phenols is 1. The lowest BCUT2D eigenvalue weighted by Gasteiger charge is -2.27. The number of hydrogen-bond donors (Lipinski definition) is 2. The Kier molecular flexibility index (Phi) is 7.15. The summed E-state index contributed by atoms with van der Waals surface area (Å²) in [4.78, 5) is 30.2. The van der Waals surface area contributed by atoms with Gasteiger partial charge in [0.25, 0.3) is 11.7 Å². The second-order valence-corrected chi connectivity index (χ2v) is 8.98. The minimum atomic E-state index is -0.894. The Balaban J connectivity index is 1.91. The summed E-state index contributed by atoms with van der Waals surface area (Å²) in [5.41, 5.74) is 4.31. The van der Waals surface area contributed by atoms with Gasteiger partial charge in [0.2, 0.25) is 0 Å². The van der Waals surface area contributed by atoms with Gasteiger partial charge in [0.1, 0.15) is 11.5 Å². The van der Waals surface area contributed by atoms with E-state index in [0.717, 1.165) is 36.3 Å². The molecule has 0 spiro atoms. The zero-order valence-corrected chi connectivity index (χ0v) is 21.2. The average molecular weight is 485 g/mol. The van der Waals surface area contributed by atoms with E-state index in [9.17, 15) is 19.8 Å². The fourth-order valence-corrected chi connectivity index (χ4v) is 4.73. The smallest absolute Gasteiger partial charge is 0.300 e. The quantitative estimate of drug-likeness (QED) is 0.254. The van der Waals surface area contributed by atoms with Crippen LogP contribution in [0.4, 0.5) is 11.4 Å². The van der Waals surface area contributed by atoms with Crippen LogP contribution in [0.1, 0.15) is 49.1 Å². The van der Waals surface area contributed by atoms with Crippen molar-refractivity contribution < 1.29 is 19.8 Å². The van der Waals surface area contributed by atoms with Crippen molar-refractivity contribution in [3.8, 4) is 5.75 Å². The van der Waals surface area contributed by atoms with E-state index in [-0.39, 0.29) is 22.8 Å². The summed E-state index contributed by atoms with van der Waals surface area (Å²) in [7, 11) is 0. The predicted molar refractivity (Wildman–Crippen MR) is 143 cm³/mol. The number of ketones is 1. The lowest BCUT2D eigenvalue weighted by Crippen LogP contribution is -2.29. The molecule has 1 atom stereocenters. The summed E-state index contributed by atoms with van der Waals surface area (Å²) in [6.45, 7) is 9.74. The molecular formula is C30H32N2O4. The molecule has 0 aromatic heterocycles. The molecule has 3 aromatic rings. The van der Waals surface area contributed by atoms with Gasteiger partial charge in [-0.15, -0.1) is 0 Å². The largest absolute Gasteiger partial charge is 0.507 e. The highest BCUT2D eigenvalue weighted by Gasteiger charge is 2.47. The van der Waals surface area contributed by atoms with Gasteiger partial charge in [-0.2, -0.15) is 0 Å². The van der Waals surface area contributed by atoms with Crippen molar-refractivity contribution in [1.29, 1.82) is 0 Å². The van der Waals surface area contributed by atoms with E-state index in [1.807, 2.05) is 50.2 Å². The normalized spacial score (nSPS) is 17.0. The third kappa shape index (κ3) is 4.47. The minimum absolute atomic E-state index is 0.000689. The van der Waals surface area contributed by atoms with Crippen molar-refractivity contribution in [3.63, 3.8) is 0 Å². The molecule has 36 heavy (non-hydrogen) atoms. The van der Waals surface area contributed by atoms with Crippen LogP contribution in [0.15, 0.2) is 72.3 Å². The monoisotopic (exact) mass is 484 g/mol. The number of benzene rings is 3. The molecule has 1 amide bonds. The first kappa shape index (κ1) is 25.0.